The van der Waals surface area contributed by atoms with Crippen LogP contribution in [0.2, 0.25) is 0 Å². The van der Waals surface area contributed by atoms with Crippen LogP contribution < -0.4 is 4.74 Å². The van der Waals surface area contributed by atoms with Crippen LogP contribution in [-0.2, 0) is 9.53 Å². The van der Waals surface area contributed by atoms with Crippen LogP contribution in [0, 0.1) is 0 Å². The van der Waals surface area contributed by atoms with E-state index >= 15 is 0 Å². The Labute approximate surface area is 120 Å². The number of ether oxygens (including phenoxy) is 2. The van der Waals surface area contributed by atoms with Crippen molar-refractivity contribution in [3.8, 4) is 5.75 Å². The number of carbonyl (C=O) groups excluding carboxylic acids is 1. The molecule has 1 rings (SSSR count). The Morgan fingerprint density at radius 2 is 2.00 bits per heavy atom. The fourth-order valence-electron chi connectivity index (χ4n) is 1.92. The first kappa shape index (κ1) is 16.5. The van der Waals surface area contributed by atoms with Crippen LogP contribution in [-0.4, -0.2) is 24.3 Å². The smallest absolute Gasteiger partial charge is 0.305 e. The summed E-state index contributed by atoms with van der Waals surface area (Å²) in [5.41, 5.74) is 0.805. The predicted octanol–water partition coefficient (Wildman–Crippen LogP) is 3.24. The van der Waals surface area contributed by atoms with Crippen molar-refractivity contribution >= 4 is 5.97 Å². The van der Waals surface area contributed by atoms with Crippen LogP contribution in [0.25, 0.3) is 0 Å². The summed E-state index contributed by atoms with van der Waals surface area (Å²) in [6.07, 6.45) is 2.57. The van der Waals surface area contributed by atoms with E-state index in [1.807, 2.05) is 31.2 Å². The lowest BCUT2D eigenvalue weighted by atomic mass is 10.1. The molecular formula is C16H24O4. The predicted molar refractivity (Wildman–Crippen MR) is 77.7 cm³/mol. The van der Waals surface area contributed by atoms with Crippen LogP contribution >= 0.6 is 0 Å². The molecule has 0 spiro atoms. The minimum atomic E-state index is -0.532. The zero-order valence-corrected chi connectivity index (χ0v) is 12.3. The highest BCUT2D eigenvalue weighted by Gasteiger charge is 2.07. The number of carbonyl (C=O) groups is 1. The normalized spacial score (nSPS) is 11.9. The molecule has 0 heterocycles. The largest absolute Gasteiger partial charge is 0.493 e. The van der Waals surface area contributed by atoms with E-state index in [9.17, 15) is 9.90 Å². The fraction of sp³-hybridized carbons (Fsp3) is 0.562. The SMILES string of the molecule is CCOC(=O)CCCCCOc1ccccc1C(C)O. The lowest BCUT2D eigenvalue weighted by Crippen LogP contribution is -2.05. The molecule has 0 aliphatic rings. The van der Waals surface area contributed by atoms with E-state index in [1.54, 1.807) is 6.92 Å². The van der Waals surface area contributed by atoms with Crippen molar-refractivity contribution in [3.63, 3.8) is 0 Å². The average Bonchev–Trinajstić information content (AvgIpc) is 2.43. The van der Waals surface area contributed by atoms with Gasteiger partial charge in [0.1, 0.15) is 5.75 Å². The molecule has 1 aromatic rings. The molecule has 1 aromatic carbocycles. The number of hydrogen-bond acceptors (Lipinski definition) is 4. The first-order valence-electron chi connectivity index (χ1n) is 7.20. The van der Waals surface area contributed by atoms with E-state index in [0.717, 1.165) is 30.6 Å². The van der Waals surface area contributed by atoms with Gasteiger partial charge >= 0.3 is 5.97 Å². The van der Waals surface area contributed by atoms with Crippen molar-refractivity contribution in [2.45, 2.75) is 45.6 Å². The Bertz CT molecular complexity index is 401. The second-order valence-corrected chi connectivity index (χ2v) is 4.68. The number of unbranched alkanes of at least 4 members (excludes halogenated alkanes) is 2. The summed E-state index contributed by atoms with van der Waals surface area (Å²) in [7, 11) is 0. The summed E-state index contributed by atoms with van der Waals surface area (Å²) < 4.78 is 10.5. The standard InChI is InChI=1S/C16H24O4/c1-3-19-16(18)11-5-4-8-12-20-15-10-7-6-9-14(15)13(2)17/h6-7,9-10,13,17H,3-5,8,11-12H2,1-2H3. The summed E-state index contributed by atoms with van der Waals surface area (Å²) in [6, 6.07) is 7.50. The zero-order valence-electron chi connectivity index (χ0n) is 12.3. The van der Waals surface area contributed by atoms with Gasteiger partial charge in [-0.25, -0.2) is 0 Å². The Morgan fingerprint density at radius 3 is 2.70 bits per heavy atom. The minimum absolute atomic E-state index is 0.132. The van der Waals surface area contributed by atoms with Gasteiger partial charge < -0.3 is 14.6 Å². The van der Waals surface area contributed by atoms with Gasteiger partial charge in [0.05, 0.1) is 19.3 Å². The lowest BCUT2D eigenvalue weighted by molar-refractivity contribution is -0.143. The van der Waals surface area contributed by atoms with Gasteiger partial charge in [0.2, 0.25) is 0 Å². The Kier molecular flexibility index (Phi) is 7.73. The Balaban J connectivity index is 2.20. The molecule has 0 aromatic heterocycles. The van der Waals surface area contributed by atoms with Crippen LogP contribution in [0.4, 0.5) is 0 Å². The number of benzene rings is 1. The van der Waals surface area contributed by atoms with Crippen molar-refractivity contribution in [1.82, 2.24) is 0 Å². The molecule has 20 heavy (non-hydrogen) atoms. The maximum atomic E-state index is 11.1. The van der Waals surface area contributed by atoms with Gasteiger partial charge in [-0.05, 0) is 39.2 Å². The molecule has 0 aliphatic carbocycles. The molecular weight excluding hydrogens is 256 g/mol. The number of aliphatic hydroxyl groups is 1. The Hall–Kier alpha value is -1.55. The molecule has 0 bridgehead atoms. The van der Waals surface area contributed by atoms with Crippen molar-refractivity contribution in [3.05, 3.63) is 29.8 Å². The fourth-order valence-corrected chi connectivity index (χ4v) is 1.92. The summed E-state index contributed by atoms with van der Waals surface area (Å²) in [6.45, 7) is 4.57. The summed E-state index contributed by atoms with van der Waals surface area (Å²) >= 11 is 0. The van der Waals surface area contributed by atoms with E-state index < -0.39 is 6.10 Å². The van der Waals surface area contributed by atoms with E-state index in [0.29, 0.717) is 19.6 Å². The second kappa shape index (κ2) is 9.37. The third kappa shape index (κ3) is 6.06. The summed E-state index contributed by atoms with van der Waals surface area (Å²) in [5.74, 6) is 0.598. The highest BCUT2D eigenvalue weighted by atomic mass is 16.5. The van der Waals surface area contributed by atoms with Gasteiger partial charge in [-0.15, -0.1) is 0 Å². The molecule has 0 saturated heterocycles. The van der Waals surface area contributed by atoms with E-state index in [4.69, 9.17) is 9.47 Å². The second-order valence-electron chi connectivity index (χ2n) is 4.68. The monoisotopic (exact) mass is 280 g/mol. The van der Waals surface area contributed by atoms with Gasteiger partial charge in [0.25, 0.3) is 0 Å². The molecule has 0 radical (unpaired) electrons. The van der Waals surface area contributed by atoms with Crippen molar-refractivity contribution in [2.75, 3.05) is 13.2 Å². The molecule has 0 amide bonds. The number of rotatable bonds is 9. The van der Waals surface area contributed by atoms with Crippen molar-refractivity contribution in [1.29, 1.82) is 0 Å². The molecule has 0 fully saturated rings. The van der Waals surface area contributed by atoms with Crippen LogP contribution in [0.3, 0.4) is 0 Å². The minimum Gasteiger partial charge on any atom is -0.493 e. The molecule has 4 nitrogen and oxygen atoms in total. The summed E-state index contributed by atoms with van der Waals surface area (Å²) in [5, 5.41) is 9.63. The van der Waals surface area contributed by atoms with Gasteiger partial charge in [-0.1, -0.05) is 18.2 Å². The first-order chi connectivity index (χ1) is 9.65. The van der Waals surface area contributed by atoms with Gasteiger partial charge in [0.15, 0.2) is 0 Å². The van der Waals surface area contributed by atoms with Gasteiger partial charge in [-0.2, -0.15) is 0 Å². The van der Waals surface area contributed by atoms with Crippen molar-refractivity contribution < 1.29 is 19.4 Å². The highest BCUT2D eigenvalue weighted by Crippen LogP contribution is 2.24. The third-order valence-electron chi connectivity index (χ3n) is 2.96. The number of esters is 1. The Morgan fingerprint density at radius 1 is 1.25 bits per heavy atom. The molecule has 1 unspecified atom stereocenters. The average molecular weight is 280 g/mol. The quantitative estimate of drug-likeness (QED) is 0.557. The summed E-state index contributed by atoms with van der Waals surface area (Å²) in [4.78, 5) is 11.1. The third-order valence-corrected chi connectivity index (χ3v) is 2.96. The number of para-hydroxylation sites is 1. The van der Waals surface area contributed by atoms with Crippen LogP contribution in [0.5, 0.6) is 5.75 Å². The molecule has 0 saturated carbocycles. The maximum absolute atomic E-state index is 11.1. The van der Waals surface area contributed by atoms with E-state index in [2.05, 4.69) is 0 Å². The first-order valence-corrected chi connectivity index (χ1v) is 7.20. The van der Waals surface area contributed by atoms with Gasteiger partial charge in [0, 0.05) is 12.0 Å². The topological polar surface area (TPSA) is 55.8 Å². The molecule has 4 heteroatoms. The zero-order chi connectivity index (χ0) is 14.8. The van der Waals surface area contributed by atoms with Gasteiger partial charge in [-0.3, -0.25) is 4.79 Å². The maximum Gasteiger partial charge on any atom is 0.305 e. The van der Waals surface area contributed by atoms with Crippen molar-refractivity contribution in [2.24, 2.45) is 0 Å². The molecule has 1 atom stereocenters. The highest BCUT2D eigenvalue weighted by molar-refractivity contribution is 5.69. The van der Waals surface area contributed by atoms with E-state index in [1.165, 1.54) is 0 Å². The molecule has 0 aliphatic heterocycles. The number of hydrogen-bond donors (Lipinski definition) is 1. The lowest BCUT2D eigenvalue weighted by Gasteiger charge is -2.13. The molecule has 112 valence electrons. The van der Waals surface area contributed by atoms with Crippen LogP contribution in [0.15, 0.2) is 24.3 Å². The van der Waals surface area contributed by atoms with Crippen LogP contribution in [0.1, 0.15) is 51.2 Å². The number of aliphatic hydroxyl groups excluding tert-OH is 1. The van der Waals surface area contributed by atoms with E-state index in [-0.39, 0.29) is 5.97 Å². The molecule has 1 N–H and O–H groups in total.